The number of methoxy groups -OCH3 is 1. The largest absolute Gasteiger partial charge is 0.466 e. The number of amides is 1. The van der Waals surface area contributed by atoms with Crippen LogP contribution in [0.5, 0.6) is 0 Å². The molecule has 2 aromatic rings. The van der Waals surface area contributed by atoms with E-state index >= 15 is 0 Å². The average Bonchev–Trinajstić information content (AvgIpc) is 3.09. The Bertz CT molecular complexity index is 1130. The van der Waals surface area contributed by atoms with Crippen molar-refractivity contribution in [2.24, 2.45) is 10.2 Å². The number of carbonyl (C=O) groups is 2. The summed E-state index contributed by atoms with van der Waals surface area (Å²) in [4.78, 5) is 43.4. The van der Waals surface area contributed by atoms with E-state index in [1.165, 1.54) is 7.11 Å². The molecule has 158 valence electrons. The molecule has 9 nitrogen and oxygen atoms in total. The summed E-state index contributed by atoms with van der Waals surface area (Å²) in [5, 5.41) is 8.37. The zero-order valence-electron chi connectivity index (χ0n) is 17.0. The van der Waals surface area contributed by atoms with Crippen LogP contribution in [0.3, 0.4) is 0 Å². The van der Waals surface area contributed by atoms with E-state index in [1.807, 2.05) is 26.1 Å². The van der Waals surface area contributed by atoms with E-state index in [-0.39, 0.29) is 20.8 Å². The predicted molar refractivity (Wildman–Crippen MR) is 114 cm³/mol. The monoisotopic (exact) mass is 429 g/mol. The summed E-state index contributed by atoms with van der Waals surface area (Å²) in [6, 6.07) is 7.38. The second kappa shape index (κ2) is 9.59. The van der Waals surface area contributed by atoms with Crippen LogP contribution < -0.4 is 14.8 Å². The van der Waals surface area contributed by atoms with Crippen molar-refractivity contribution in [1.82, 2.24) is 14.8 Å². The van der Waals surface area contributed by atoms with E-state index in [2.05, 4.69) is 24.8 Å². The second-order valence-electron chi connectivity index (χ2n) is 6.90. The van der Waals surface area contributed by atoms with Crippen LogP contribution in [-0.4, -0.2) is 67.0 Å². The minimum atomic E-state index is -0.651. The third kappa shape index (κ3) is 5.28. The molecule has 0 unspecified atom stereocenters. The maximum atomic E-state index is 13.2. The molecule has 0 atom stereocenters. The Hall–Kier alpha value is -3.11. The molecule has 2 heterocycles. The van der Waals surface area contributed by atoms with Crippen LogP contribution in [0.2, 0.25) is 0 Å². The summed E-state index contributed by atoms with van der Waals surface area (Å²) in [5.41, 5.74) is 1.21. The van der Waals surface area contributed by atoms with Gasteiger partial charge in [0.1, 0.15) is 9.20 Å². The van der Waals surface area contributed by atoms with Gasteiger partial charge in [0, 0.05) is 32.3 Å². The quantitative estimate of drug-likeness (QED) is 0.558. The van der Waals surface area contributed by atoms with Crippen molar-refractivity contribution in [3.8, 4) is 0 Å². The molecule has 0 radical (unpaired) electrons. The van der Waals surface area contributed by atoms with Crippen LogP contribution in [0.1, 0.15) is 5.56 Å². The summed E-state index contributed by atoms with van der Waals surface area (Å²) >= 11 is 0.969. The molecule has 1 N–H and O–H groups in total. The summed E-state index contributed by atoms with van der Waals surface area (Å²) in [6.45, 7) is 4.56. The van der Waals surface area contributed by atoms with Crippen LogP contribution in [-0.2, 0) is 14.3 Å². The van der Waals surface area contributed by atoms with E-state index in [1.54, 1.807) is 17.0 Å². The Morgan fingerprint density at radius 2 is 1.83 bits per heavy atom. The SMILES string of the molecule is COC(=O)C=c1s/c(=C(\N=Nc2ccc(C)cc2)C(=O)N2CCN(C)CC2)[nH]c1=O. The van der Waals surface area contributed by atoms with Crippen molar-refractivity contribution >= 4 is 40.7 Å². The fourth-order valence-corrected chi connectivity index (χ4v) is 3.67. The number of ether oxygens (including phenoxy) is 1. The lowest BCUT2D eigenvalue weighted by molar-refractivity contribution is -0.133. The van der Waals surface area contributed by atoms with Crippen LogP contribution in [0.25, 0.3) is 11.8 Å². The standard InChI is InChI=1S/C20H23N5O4S/c1-13-4-6-14(7-5-13)22-23-17(20(28)25-10-8-24(2)9-11-25)19-21-18(27)15(30-19)12-16(26)29-3/h4-7,12H,8-11H2,1-3H3,(H,21,27)/b15-12?,19-17-,23-22?. The van der Waals surface area contributed by atoms with Crippen molar-refractivity contribution in [3.05, 3.63) is 49.4 Å². The number of piperazine rings is 1. The van der Waals surface area contributed by atoms with Crippen LogP contribution in [0, 0.1) is 6.92 Å². The van der Waals surface area contributed by atoms with Gasteiger partial charge in [0.25, 0.3) is 11.5 Å². The van der Waals surface area contributed by atoms with Crippen molar-refractivity contribution < 1.29 is 14.3 Å². The van der Waals surface area contributed by atoms with Gasteiger partial charge in [-0.3, -0.25) is 9.59 Å². The van der Waals surface area contributed by atoms with Crippen molar-refractivity contribution in [2.45, 2.75) is 6.92 Å². The highest BCUT2D eigenvalue weighted by atomic mass is 32.1. The molecule has 1 saturated heterocycles. The summed E-state index contributed by atoms with van der Waals surface area (Å²) < 4.78 is 4.95. The average molecular weight is 430 g/mol. The number of carbonyl (C=O) groups excluding carboxylic acids is 2. The van der Waals surface area contributed by atoms with E-state index in [0.29, 0.717) is 18.8 Å². The molecule has 1 fully saturated rings. The predicted octanol–water partition coefficient (Wildman–Crippen LogP) is 0.364. The van der Waals surface area contributed by atoms with Gasteiger partial charge >= 0.3 is 5.97 Å². The van der Waals surface area contributed by atoms with E-state index in [0.717, 1.165) is 36.1 Å². The molecule has 1 amide bonds. The van der Waals surface area contributed by atoms with Gasteiger partial charge in [-0.1, -0.05) is 17.7 Å². The van der Waals surface area contributed by atoms with E-state index < -0.39 is 11.5 Å². The fourth-order valence-electron chi connectivity index (χ4n) is 2.78. The number of aromatic amines is 1. The smallest absolute Gasteiger partial charge is 0.332 e. The number of aryl methyl sites for hydroxylation is 1. The van der Waals surface area contributed by atoms with Gasteiger partial charge in [0.2, 0.25) is 0 Å². The Morgan fingerprint density at radius 1 is 1.17 bits per heavy atom. The number of thiazole rings is 1. The number of nitrogens with one attached hydrogen (secondary N) is 1. The number of aromatic nitrogens is 1. The number of benzene rings is 1. The van der Waals surface area contributed by atoms with Gasteiger partial charge in [-0.15, -0.1) is 16.5 Å². The van der Waals surface area contributed by atoms with Crippen LogP contribution in [0.15, 0.2) is 39.3 Å². The first-order valence-corrected chi connectivity index (χ1v) is 10.2. The Kier molecular flexibility index (Phi) is 6.91. The first-order chi connectivity index (χ1) is 14.4. The van der Waals surface area contributed by atoms with E-state index in [9.17, 15) is 14.4 Å². The lowest BCUT2D eigenvalue weighted by atomic mass is 10.2. The molecule has 0 bridgehead atoms. The van der Waals surface area contributed by atoms with Crippen molar-refractivity contribution in [2.75, 3.05) is 40.3 Å². The number of azo groups is 1. The van der Waals surface area contributed by atoms with Gasteiger partial charge in [-0.25, -0.2) is 4.79 Å². The molecule has 1 aromatic heterocycles. The zero-order valence-corrected chi connectivity index (χ0v) is 17.9. The number of likely N-dealkylation sites (N-methyl/N-ethyl adjacent to an activating group) is 1. The maximum absolute atomic E-state index is 13.2. The molecule has 0 spiro atoms. The van der Waals surface area contributed by atoms with E-state index in [4.69, 9.17) is 0 Å². The highest BCUT2D eigenvalue weighted by molar-refractivity contribution is 7.07. The summed E-state index contributed by atoms with van der Waals surface area (Å²) in [7, 11) is 3.22. The molecule has 30 heavy (non-hydrogen) atoms. The Balaban J connectivity index is 2.06. The maximum Gasteiger partial charge on any atom is 0.332 e. The summed E-state index contributed by atoms with van der Waals surface area (Å²) in [5.74, 6) is -0.969. The zero-order chi connectivity index (χ0) is 21.7. The fraction of sp³-hybridized carbons (Fsp3) is 0.350. The van der Waals surface area contributed by atoms with Gasteiger partial charge in [-0.05, 0) is 26.1 Å². The topological polar surface area (TPSA) is 107 Å². The highest BCUT2D eigenvalue weighted by Crippen LogP contribution is 2.16. The van der Waals surface area contributed by atoms with Gasteiger partial charge in [0.15, 0.2) is 5.70 Å². The first kappa shape index (κ1) is 21.6. The molecule has 1 aromatic carbocycles. The number of hydrogen-bond donors (Lipinski definition) is 1. The highest BCUT2D eigenvalue weighted by Gasteiger charge is 2.24. The minimum Gasteiger partial charge on any atom is -0.466 e. The lowest BCUT2D eigenvalue weighted by Gasteiger charge is -2.32. The molecule has 3 rings (SSSR count). The van der Waals surface area contributed by atoms with Crippen LogP contribution >= 0.6 is 11.3 Å². The third-order valence-corrected chi connectivity index (χ3v) is 5.64. The number of nitrogens with zero attached hydrogens (tertiary/aromatic N) is 4. The number of H-pyrrole nitrogens is 1. The number of hydrogen-bond acceptors (Lipinski definition) is 8. The molecule has 0 saturated carbocycles. The Labute approximate surface area is 177 Å². The lowest BCUT2D eigenvalue weighted by Crippen LogP contribution is -2.47. The van der Waals surface area contributed by atoms with Crippen molar-refractivity contribution in [1.29, 1.82) is 0 Å². The Morgan fingerprint density at radius 3 is 2.47 bits per heavy atom. The van der Waals surface area contributed by atoms with Gasteiger partial charge in [0.05, 0.1) is 12.8 Å². The minimum absolute atomic E-state index is 0.0340. The van der Waals surface area contributed by atoms with Gasteiger partial charge < -0.3 is 19.5 Å². The summed E-state index contributed by atoms with van der Waals surface area (Å²) in [6.07, 6.45) is 1.09. The molecule has 1 aliphatic rings. The molecule has 10 heteroatoms. The normalized spacial score (nSPS) is 16.8. The molecule has 1 aliphatic heterocycles. The number of rotatable bonds is 4. The van der Waals surface area contributed by atoms with Gasteiger partial charge in [-0.2, -0.15) is 5.11 Å². The molecular formula is C20H23N5O4S. The third-order valence-electron chi connectivity index (χ3n) is 4.62. The van der Waals surface area contributed by atoms with Crippen molar-refractivity contribution in [3.63, 3.8) is 0 Å². The first-order valence-electron chi connectivity index (χ1n) is 9.36. The molecular weight excluding hydrogens is 406 g/mol. The molecule has 0 aliphatic carbocycles. The second-order valence-corrected chi connectivity index (χ2v) is 7.95. The number of esters is 1. The van der Waals surface area contributed by atoms with Crippen LogP contribution in [0.4, 0.5) is 5.69 Å².